The topological polar surface area (TPSA) is 125 Å². The lowest BCUT2D eigenvalue weighted by molar-refractivity contribution is -0.145. The molecule has 0 saturated heterocycles. The second-order valence-electron chi connectivity index (χ2n) is 5.16. The number of carbonyl (C=O) groups is 3. The Labute approximate surface area is 147 Å². The molecule has 7 nitrogen and oxygen atoms in total. The zero-order chi connectivity index (χ0) is 17.2. The van der Waals surface area contributed by atoms with Crippen molar-refractivity contribution in [2.24, 2.45) is 11.5 Å². The molecule has 0 saturated carbocycles. The average Bonchev–Trinajstić information content (AvgIpc) is 2.56. The van der Waals surface area contributed by atoms with E-state index in [1.54, 1.807) is 6.92 Å². The van der Waals surface area contributed by atoms with Gasteiger partial charge >= 0.3 is 5.97 Å². The van der Waals surface area contributed by atoms with Crippen molar-refractivity contribution in [3.05, 3.63) is 35.9 Å². The lowest BCUT2D eigenvalue weighted by Gasteiger charge is -2.17. The van der Waals surface area contributed by atoms with E-state index < -0.39 is 29.9 Å². The molecule has 24 heavy (non-hydrogen) atoms. The van der Waals surface area contributed by atoms with Crippen molar-refractivity contribution < 1.29 is 19.1 Å². The number of carbonyl (C=O) groups excluding carboxylic acids is 3. The van der Waals surface area contributed by atoms with Crippen LogP contribution >= 0.6 is 12.4 Å². The van der Waals surface area contributed by atoms with E-state index in [1.807, 2.05) is 30.3 Å². The van der Waals surface area contributed by atoms with Gasteiger partial charge in [0.25, 0.3) is 0 Å². The molecule has 2 atom stereocenters. The summed E-state index contributed by atoms with van der Waals surface area (Å²) in [5.41, 5.74) is 11.7. The summed E-state index contributed by atoms with van der Waals surface area (Å²) in [5.74, 6) is -1.64. The van der Waals surface area contributed by atoms with E-state index in [2.05, 4.69) is 5.32 Å². The molecule has 5 N–H and O–H groups in total. The Kier molecular flexibility index (Phi) is 10.4. The van der Waals surface area contributed by atoms with Crippen molar-refractivity contribution in [1.82, 2.24) is 5.32 Å². The fraction of sp³-hybridized carbons (Fsp3) is 0.438. The molecule has 0 heterocycles. The molecule has 8 heteroatoms. The van der Waals surface area contributed by atoms with Crippen molar-refractivity contribution >= 4 is 30.2 Å². The minimum absolute atomic E-state index is 0. The first kappa shape index (κ1) is 21.9. The summed E-state index contributed by atoms with van der Waals surface area (Å²) in [6.07, 6.45) is 0.490. The molecule has 1 rings (SSSR count). The van der Waals surface area contributed by atoms with E-state index in [1.165, 1.54) is 0 Å². The quantitative estimate of drug-likeness (QED) is 0.559. The van der Waals surface area contributed by atoms with Gasteiger partial charge in [0.1, 0.15) is 12.6 Å². The molecule has 1 aromatic carbocycles. The number of hydrogen-bond donors (Lipinski definition) is 3. The van der Waals surface area contributed by atoms with Crippen LogP contribution in [0.3, 0.4) is 0 Å². The molecule has 0 radical (unpaired) electrons. The molecule has 2 amide bonds. The Morgan fingerprint density at radius 1 is 1.21 bits per heavy atom. The highest BCUT2D eigenvalue weighted by Crippen LogP contribution is 2.05. The van der Waals surface area contributed by atoms with Crippen molar-refractivity contribution in [1.29, 1.82) is 0 Å². The van der Waals surface area contributed by atoms with Gasteiger partial charge in [-0.15, -0.1) is 12.4 Å². The van der Waals surface area contributed by atoms with Gasteiger partial charge in [0.05, 0.1) is 6.04 Å². The fourth-order valence-corrected chi connectivity index (χ4v) is 1.82. The van der Waals surface area contributed by atoms with Gasteiger partial charge in [0.15, 0.2) is 0 Å². The molecule has 0 unspecified atom stereocenters. The minimum atomic E-state index is -0.940. The normalized spacial score (nSPS) is 12.4. The Balaban J connectivity index is 0.00000529. The third kappa shape index (κ3) is 7.94. The van der Waals surface area contributed by atoms with Crippen molar-refractivity contribution in [3.8, 4) is 0 Å². The van der Waals surface area contributed by atoms with Gasteiger partial charge in [-0.3, -0.25) is 14.4 Å². The molecule has 0 bridgehead atoms. The van der Waals surface area contributed by atoms with Gasteiger partial charge in [0.2, 0.25) is 11.8 Å². The van der Waals surface area contributed by atoms with E-state index in [4.69, 9.17) is 16.2 Å². The lowest BCUT2D eigenvalue weighted by Crippen LogP contribution is -2.50. The van der Waals surface area contributed by atoms with E-state index in [-0.39, 0.29) is 31.9 Å². The maximum Gasteiger partial charge on any atom is 0.306 e. The Morgan fingerprint density at radius 3 is 2.38 bits per heavy atom. The van der Waals surface area contributed by atoms with E-state index in [0.717, 1.165) is 5.56 Å². The first-order valence-electron chi connectivity index (χ1n) is 7.48. The standard InChI is InChI=1S/C16H23N3O4.ClH/c1-2-12(17)16(22)19-13(15(18)21)8-9-14(20)23-10-11-6-4-3-5-7-11;/h3-7,12-13H,2,8-10,17H2,1H3,(H2,18,21)(H,19,22);1H/t12-,13+;/m0./s1. The Hall–Kier alpha value is -2.12. The van der Waals surface area contributed by atoms with Crippen LogP contribution in [-0.4, -0.2) is 29.9 Å². The van der Waals surface area contributed by atoms with E-state index >= 15 is 0 Å². The zero-order valence-electron chi connectivity index (χ0n) is 13.6. The van der Waals surface area contributed by atoms with Gasteiger partial charge in [-0.2, -0.15) is 0 Å². The predicted octanol–water partition coefficient (Wildman–Crippen LogP) is 0.639. The average molecular weight is 358 g/mol. The summed E-state index contributed by atoms with van der Waals surface area (Å²) in [5, 5.41) is 2.45. The first-order valence-corrected chi connectivity index (χ1v) is 7.48. The van der Waals surface area contributed by atoms with Crippen LogP contribution < -0.4 is 16.8 Å². The largest absolute Gasteiger partial charge is 0.461 e. The maximum absolute atomic E-state index is 11.7. The zero-order valence-corrected chi connectivity index (χ0v) is 14.4. The smallest absolute Gasteiger partial charge is 0.306 e. The van der Waals surface area contributed by atoms with Gasteiger partial charge in [-0.25, -0.2) is 0 Å². The Bertz CT molecular complexity index is 539. The number of rotatable bonds is 9. The van der Waals surface area contributed by atoms with Crippen molar-refractivity contribution in [3.63, 3.8) is 0 Å². The van der Waals surface area contributed by atoms with Crippen molar-refractivity contribution in [2.75, 3.05) is 0 Å². The molecule has 0 fully saturated rings. The Morgan fingerprint density at radius 2 is 1.83 bits per heavy atom. The number of benzene rings is 1. The summed E-state index contributed by atoms with van der Waals surface area (Å²) < 4.78 is 5.10. The highest BCUT2D eigenvalue weighted by Gasteiger charge is 2.22. The second kappa shape index (κ2) is 11.4. The van der Waals surface area contributed by atoms with Crippen LogP contribution in [0.1, 0.15) is 31.7 Å². The van der Waals surface area contributed by atoms with Gasteiger partial charge in [-0.05, 0) is 18.4 Å². The monoisotopic (exact) mass is 357 g/mol. The number of esters is 1. The summed E-state index contributed by atoms with van der Waals surface area (Å²) in [6, 6.07) is 7.59. The van der Waals surface area contributed by atoms with Crippen LogP contribution in [0.25, 0.3) is 0 Å². The number of nitrogens with two attached hydrogens (primary N) is 2. The van der Waals surface area contributed by atoms with Gasteiger partial charge in [-0.1, -0.05) is 37.3 Å². The molecule has 0 aliphatic rings. The fourth-order valence-electron chi connectivity index (χ4n) is 1.82. The maximum atomic E-state index is 11.7. The first-order chi connectivity index (χ1) is 10.9. The van der Waals surface area contributed by atoms with Crippen molar-refractivity contribution in [2.45, 2.75) is 44.9 Å². The van der Waals surface area contributed by atoms with Crippen LogP contribution in [-0.2, 0) is 25.7 Å². The predicted molar refractivity (Wildman–Crippen MR) is 92.1 cm³/mol. The number of ether oxygens (including phenoxy) is 1. The van der Waals surface area contributed by atoms with Crippen LogP contribution in [0, 0.1) is 0 Å². The molecule has 0 aliphatic heterocycles. The lowest BCUT2D eigenvalue weighted by atomic mass is 10.1. The SMILES string of the molecule is CC[C@H](N)C(=O)N[C@H](CCC(=O)OCc1ccccc1)C(N)=O.Cl. The second-order valence-corrected chi connectivity index (χ2v) is 5.16. The van der Waals surface area contributed by atoms with Crippen LogP contribution in [0.5, 0.6) is 0 Å². The molecule has 134 valence electrons. The number of hydrogen-bond acceptors (Lipinski definition) is 5. The van der Waals surface area contributed by atoms with Gasteiger partial charge < -0.3 is 21.5 Å². The third-order valence-electron chi connectivity index (χ3n) is 3.32. The summed E-state index contributed by atoms with van der Waals surface area (Å²) in [7, 11) is 0. The highest BCUT2D eigenvalue weighted by atomic mass is 35.5. The van der Waals surface area contributed by atoms with Crippen LogP contribution in [0.15, 0.2) is 30.3 Å². The third-order valence-corrected chi connectivity index (χ3v) is 3.32. The van der Waals surface area contributed by atoms with E-state index in [9.17, 15) is 14.4 Å². The molecule has 0 aromatic heterocycles. The molecular weight excluding hydrogens is 334 g/mol. The summed E-state index contributed by atoms with van der Waals surface area (Å²) in [4.78, 5) is 34.7. The molecule has 1 aromatic rings. The van der Waals surface area contributed by atoms with Gasteiger partial charge in [0, 0.05) is 6.42 Å². The molecule has 0 aliphatic carbocycles. The molecular formula is C16H24ClN3O4. The highest BCUT2D eigenvalue weighted by molar-refractivity contribution is 5.89. The number of nitrogens with one attached hydrogen (secondary N) is 1. The number of amides is 2. The van der Waals surface area contributed by atoms with E-state index in [0.29, 0.717) is 6.42 Å². The van der Waals surface area contributed by atoms with Crippen LogP contribution in [0.4, 0.5) is 0 Å². The van der Waals surface area contributed by atoms with Crippen LogP contribution in [0.2, 0.25) is 0 Å². The minimum Gasteiger partial charge on any atom is -0.461 e. The summed E-state index contributed by atoms with van der Waals surface area (Å²) in [6.45, 7) is 1.92. The number of primary amides is 1. The summed E-state index contributed by atoms with van der Waals surface area (Å²) >= 11 is 0. The molecule has 0 spiro atoms. The number of halogens is 1.